The summed E-state index contributed by atoms with van der Waals surface area (Å²) in [6.07, 6.45) is 1.12. The molecule has 2 aromatic rings. The maximum atomic E-state index is 5.48. The Morgan fingerprint density at radius 3 is 2.60 bits per heavy atom. The van der Waals surface area contributed by atoms with Crippen LogP contribution in [0.4, 0.5) is 0 Å². The Kier molecular flexibility index (Phi) is 5.21. The summed E-state index contributed by atoms with van der Waals surface area (Å²) >= 11 is 1.89. The zero-order chi connectivity index (χ0) is 14.5. The molecule has 0 aliphatic heterocycles. The highest BCUT2D eigenvalue weighted by molar-refractivity contribution is 7.11. The van der Waals surface area contributed by atoms with Crippen molar-refractivity contribution in [2.24, 2.45) is 0 Å². The molecule has 0 amide bonds. The second kappa shape index (κ2) is 6.91. The van der Waals surface area contributed by atoms with Crippen LogP contribution >= 0.6 is 11.3 Å². The van der Waals surface area contributed by atoms with E-state index < -0.39 is 0 Å². The van der Waals surface area contributed by atoms with Crippen LogP contribution in [-0.4, -0.2) is 7.11 Å². The number of thiophene rings is 1. The van der Waals surface area contributed by atoms with Gasteiger partial charge in [-0.3, -0.25) is 0 Å². The third-order valence-electron chi connectivity index (χ3n) is 3.50. The van der Waals surface area contributed by atoms with Gasteiger partial charge in [0.15, 0.2) is 0 Å². The van der Waals surface area contributed by atoms with Gasteiger partial charge in [-0.05, 0) is 44.0 Å². The second-order valence-electron chi connectivity index (χ2n) is 5.07. The van der Waals surface area contributed by atoms with Crippen LogP contribution in [0.3, 0.4) is 0 Å². The Morgan fingerprint density at radius 2 is 1.95 bits per heavy atom. The molecule has 1 N–H and O–H groups in total. The number of ether oxygens (including phenoxy) is 1. The quantitative estimate of drug-likeness (QED) is 0.846. The van der Waals surface area contributed by atoms with Gasteiger partial charge in [-0.2, -0.15) is 0 Å². The van der Waals surface area contributed by atoms with Gasteiger partial charge in [-0.15, -0.1) is 11.3 Å². The van der Waals surface area contributed by atoms with Crippen molar-refractivity contribution in [1.29, 1.82) is 0 Å². The molecule has 0 saturated carbocycles. The van der Waals surface area contributed by atoms with Gasteiger partial charge in [0.05, 0.1) is 7.11 Å². The summed E-state index contributed by atoms with van der Waals surface area (Å²) in [6.45, 7) is 7.37. The summed E-state index contributed by atoms with van der Waals surface area (Å²) in [6, 6.07) is 11.1. The van der Waals surface area contributed by atoms with E-state index in [1.165, 1.54) is 20.9 Å². The molecule has 2 nitrogen and oxygen atoms in total. The number of nitrogens with one attached hydrogen (secondary N) is 1. The predicted octanol–water partition coefficient (Wildman–Crippen LogP) is 4.48. The molecule has 0 aliphatic rings. The van der Waals surface area contributed by atoms with Crippen molar-refractivity contribution in [1.82, 2.24) is 5.32 Å². The maximum Gasteiger partial charge on any atom is 0.123 e. The number of aryl methyl sites for hydroxylation is 2. The molecule has 0 fully saturated rings. The second-order valence-corrected chi connectivity index (χ2v) is 6.32. The van der Waals surface area contributed by atoms with Gasteiger partial charge in [-0.1, -0.05) is 19.1 Å². The molecule has 1 aromatic heterocycles. The number of benzene rings is 1. The minimum atomic E-state index is 0.276. The van der Waals surface area contributed by atoms with Gasteiger partial charge < -0.3 is 10.1 Å². The van der Waals surface area contributed by atoms with Crippen LogP contribution in [0.5, 0.6) is 5.75 Å². The van der Waals surface area contributed by atoms with Gasteiger partial charge in [0.25, 0.3) is 0 Å². The molecule has 0 radical (unpaired) electrons. The molecular formula is C17H23NOS. The number of hydrogen-bond acceptors (Lipinski definition) is 3. The number of rotatable bonds is 6. The van der Waals surface area contributed by atoms with Gasteiger partial charge in [0, 0.05) is 27.9 Å². The van der Waals surface area contributed by atoms with Crippen molar-refractivity contribution < 1.29 is 4.74 Å². The Bertz CT molecular complexity index is 562. The van der Waals surface area contributed by atoms with Gasteiger partial charge in [-0.25, -0.2) is 0 Å². The van der Waals surface area contributed by atoms with Crippen LogP contribution in [0, 0.1) is 6.92 Å². The van der Waals surface area contributed by atoms with Gasteiger partial charge in [0.1, 0.15) is 5.75 Å². The van der Waals surface area contributed by atoms with Crippen molar-refractivity contribution >= 4 is 11.3 Å². The first-order valence-electron chi connectivity index (χ1n) is 7.09. The lowest BCUT2D eigenvalue weighted by Crippen LogP contribution is -2.18. The first kappa shape index (κ1) is 15.1. The Balaban J connectivity index is 2.02. The van der Waals surface area contributed by atoms with Gasteiger partial charge >= 0.3 is 0 Å². The zero-order valence-corrected chi connectivity index (χ0v) is 13.5. The summed E-state index contributed by atoms with van der Waals surface area (Å²) in [5.41, 5.74) is 2.44. The van der Waals surface area contributed by atoms with E-state index in [0.29, 0.717) is 0 Å². The van der Waals surface area contributed by atoms with E-state index in [2.05, 4.69) is 56.4 Å². The fourth-order valence-electron chi connectivity index (χ4n) is 2.25. The maximum absolute atomic E-state index is 5.48. The van der Waals surface area contributed by atoms with Crippen LogP contribution in [0.15, 0.2) is 30.3 Å². The largest absolute Gasteiger partial charge is 0.496 e. The zero-order valence-electron chi connectivity index (χ0n) is 12.7. The van der Waals surface area contributed by atoms with Crippen LogP contribution < -0.4 is 10.1 Å². The Labute approximate surface area is 125 Å². The molecule has 2 rings (SSSR count). The smallest absolute Gasteiger partial charge is 0.123 e. The lowest BCUT2D eigenvalue weighted by atomic mass is 10.0. The average Bonchev–Trinajstić information content (AvgIpc) is 2.92. The SMILES string of the molecule is CCc1ccc(CNC(C)c2ccc(C)cc2OC)s1. The first-order chi connectivity index (χ1) is 9.63. The third-order valence-corrected chi connectivity index (χ3v) is 4.73. The molecule has 1 aromatic carbocycles. The average molecular weight is 289 g/mol. The monoisotopic (exact) mass is 289 g/mol. The fraction of sp³-hybridized carbons (Fsp3) is 0.412. The first-order valence-corrected chi connectivity index (χ1v) is 7.91. The standard InChI is InChI=1S/C17H23NOS/c1-5-14-7-8-15(20-14)11-18-13(3)16-9-6-12(2)10-17(16)19-4/h6-10,13,18H,5,11H2,1-4H3. The summed E-state index contributed by atoms with van der Waals surface area (Å²) in [5.74, 6) is 0.963. The van der Waals surface area contributed by atoms with E-state index >= 15 is 0 Å². The lowest BCUT2D eigenvalue weighted by molar-refractivity contribution is 0.401. The highest BCUT2D eigenvalue weighted by Gasteiger charge is 2.11. The van der Waals surface area contributed by atoms with Crippen LogP contribution in [0.25, 0.3) is 0 Å². The van der Waals surface area contributed by atoms with Crippen LogP contribution in [0.2, 0.25) is 0 Å². The van der Waals surface area contributed by atoms with E-state index in [4.69, 9.17) is 4.74 Å². The minimum absolute atomic E-state index is 0.276. The fourth-order valence-corrected chi connectivity index (χ4v) is 3.16. The predicted molar refractivity (Wildman–Crippen MR) is 86.7 cm³/mol. The molecule has 1 heterocycles. The molecule has 3 heteroatoms. The van der Waals surface area contributed by atoms with Crippen LogP contribution in [-0.2, 0) is 13.0 Å². The van der Waals surface area contributed by atoms with E-state index in [1.54, 1.807) is 7.11 Å². The molecular weight excluding hydrogens is 266 g/mol. The molecule has 1 atom stereocenters. The lowest BCUT2D eigenvalue weighted by Gasteiger charge is -2.17. The van der Waals surface area contributed by atoms with E-state index in [9.17, 15) is 0 Å². The summed E-state index contributed by atoms with van der Waals surface area (Å²) < 4.78 is 5.48. The third kappa shape index (κ3) is 3.62. The van der Waals surface area contributed by atoms with Crippen LogP contribution in [0.1, 0.15) is 40.8 Å². The van der Waals surface area contributed by atoms with E-state index in [1.807, 2.05) is 11.3 Å². The molecule has 0 aliphatic carbocycles. The Hall–Kier alpha value is -1.32. The minimum Gasteiger partial charge on any atom is -0.496 e. The van der Waals surface area contributed by atoms with E-state index in [0.717, 1.165) is 18.7 Å². The van der Waals surface area contributed by atoms with Crippen molar-refractivity contribution in [3.8, 4) is 5.75 Å². The normalized spacial score (nSPS) is 12.4. The summed E-state index contributed by atoms with van der Waals surface area (Å²) in [7, 11) is 1.73. The number of methoxy groups -OCH3 is 1. The van der Waals surface area contributed by atoms with Crippen molar-refractivity contribution in [3.05, 3.63) is 51.2 Å². The highest BCUT2D eigenvalue weighted by Crippen LogP contribution is 2.26. The Morgan fingerprint density at radius 1 is 1.20 bits per heavy atom. The molecule has 108 valence electrons. The molecule has 0 spiro atoms. The number of hydrogen-bond donors (Lipinski definition) is 1. The van der Waals surface area contributed by atoms with Crippen molar-refractivity contribution in [3.63, 3.8) is 0 Å². The van der Waals surface area contributed by atoms with E-state index in [-0.39, 0.29) is 6.04 Å². The summed E-state index contributed by atoms with van der Waals surface area (Å²) in [5, 5.41) is 3.58. The molecule has 1 unspecified atom stereocenters. The van der Waals surface area contributed by atoms with Crippen molar-refractivity contribution in [2.45, 2.75) is 39.8 Å². The molecule has 20 heavy (non-hydrogen) atoms. The van der Waals surface area contributed by atoms with Crippen molar-refractivity contribution in [2.75, 3.05) is 7.11 Å². The summed E-state index contributed by atoms with van der Waals surface area (Å²) in [4.78, 5) is 2.84. The molecule has 0 bridgehead atoms. The topological polar surface area (TPSA) is 21.3 Å². The van der Waals surface area contributed by atoms with Gasteiger partial charge in [0.2, 0.25) is 0 Å². The molecule has 0 saturated heterocycles. The highest BCUT2D eigenvalue weighted by atomic mass is 32.1.